The summed E-state index contributed by atoms with van der Waals surface area (Å²) in [6.07, 6.45) is 0. The number of aromatic carboxylic acids is 1. The number of rotatable bonds is 3. The molecule has 1 aliphatic heterocycles. The van der Waals surface area contributed by atoms with E-state index < -0.39 is 11.3 Å². The number of carbonyl (C=O) groups excluding carboxylic acids is 1. The Labute approximate surface area is 122 Å². The van der Waals surface area contributed by atoms with E-state index in [4.69, 9.17) is 28.9 Å². The molecule has 0 saturated carbocycles. The number of thiocarbonyl (C=S) groups is 1. The van der Waals surface area contributed by atoms with E-state index in [0.29, 0.717) is 4.32 Å². The lowest BCUT2D eigenvalue weighted by Crippen LogP contribution is -2.22. The van der Waals surface area contributed by atoms with Gasteiger partial charge in [0.15, 0.2) is 0 Å². The number of azo groups is 1. The second-order valence-corrected chi connectivity index (χ2v) is 5.62. The molecule has 1 heterocycles. The van der Waals surface area contributed by atoms with Crippen molar-refractivity contribution in [2.24, 2.45) is 10.2 Å². The van der Waals surface area contributed by atoms with Crippen LogP contribution in [-0.4, -0.2) is 26.7 Å². The van der Waals surface area contributed by atoms with Crippen LogP contribution in [0.2, 0.25) is 5.02 Å². The average molecular weight is 316 g/mol. The fraction of sp³-hybridized carbons (Fsp3) is 0.100. The number of nitrogens with one attached hydrogen (secondary N) is 1. The van der Waals surface area contributed by atoms with E-state index >= 15 is 0 Å². The molecular formula is C10H6ClN3O3S2. The van der Waals surface area contributed by atoms with E-state index in [-0.39, 0.29) is 22.2 Å². The third kappa shape index (κ3) is 3.28. The smallest absolute Gasteiger partial charge is 0.338 e. The zero-order valence-corrected chi connectivity index (χ0v) is 11.6. The standard InChI is InChI=1S/C10H6ClN3O3S2/c11-4-1-2-6(5(3-4)9(16)17)13-14-8-7(15)12-10(18)19-8/h1-3,8H,(H,16,17)(H,12,15,18). The molecule has 0 aromatic heterocycles. The van der Waals surface area contributed by atoms with Gasteiger partial charge in [0.1, 0.15) is 4.32 Å². The Kier molecular flexibility index (Phi) is 4.13. The van der Waals surface area contributed by atoms with Gasteiger partial charge in [-0.3, -0.25) is 4.79 Å². The summed E-state index contributed by atoms with van der Waals surface area (Å²) in [5.41, 5.74) is 0.0466. The van der Waals surface area contributed by atoms with Crippen molar-refractivity contribution in [3.8, 4) is 0 Å². The van der Waals surface area contributed by atoms with Crippen molar-refractivity contribution >= 4 is 57.5 Å². The summed E-state index contributed by atoms with van der Waals surface area (Å²) in [5, 5.41) is 18.5. The molecule has 1 aliphatic rings. The molecule has 1 unspecified atom stereocenters. The summed E-state index contributed by atoms with van der Waals surface area (Å²) in [4.78, 5) is 22.4. The first-order valence-electron chi connectivity index (χ1n) is 4.92. The molecule has 9 heteroatoms. The van der Waals surface area contributed by atoms with Crippen LogP contribution in [0.25, 0.3) is 0 Å². The highest BCUT2D eigenvalue weighted by molar-refractivity contribution is 8.24. The van der Waals surface area contributed by atoms with Gasteiger partial charge < -0.3 is 10.4 Å². The maximum atomic E-state index is 11.4. The Morgan fingerprint density at radius 2 is 2.26 bits per heavy atom. The van der Waals surface area contributed by atoms with Crippen molar-refractivity contribution in [1.82, 2.24) is 5.32 Å². The Balaban J connectivity index is 2.26. The van der Waals surface area contributed by atoms with Crippen molar-refractivity contribution in [2.75, 3.05) is 0 Å². The van der Waals surface area contributed by atoms with Gasteiger partial charge in [0.25, 0.3) is 5.91 Å². The minimum atomic E-state index is -1.17. The summed E-state index contributed by atoms with van der Waals surface area (Å²) in [6, 6.07) is 4.19. The first kappa shape index (κ1) is 13.9. The predicted molar refractivity (Wildman–Crippen MR) is 75.0 cm³/mol. The topological polar surface area (TPSA) is 91.1 Å². The molecule has 0 bridgehead atoms. The second kappa shape index (κ2) is 5.64. The van der Waals surface area contributed by atoms with Crippen LogP contribution in [-0.2, 0) is 4.79 Å². The molecule has 19 heavy (non-hydrogen) atoms. The lowest BCUT2D eigenvalue weighted by Gasteiger charge is -2.01. The molecule has 1 aromatic rings. The monoisotopic (exact) mass is 315 g/mol. The molecule has 2 N–H and O–H groups in total. The third-order valence-electron chi connectivity index (χ3n) is 2.13. The summed E-state index contributed by atoms with van der Waals surface area (Å²) in [5.74, 6) is -1.54. The maximum absolute atomic E-state index is 11.4. The maximum Gasteiger partial charge on any atom is 0.338 e. The van der Waals surface area contributed by atoms with Crippen LogP contribution in [0.1, 0.15) is 10.4 Å². The van der Waals surface area contributed by atoms with Gasteiger partial charge in [-0.1, -0.05) is 35.6 Å². The number of halogens is 1. The van der Waals surface area contributed by atoms with Crippen LogP contribution >= 0.6 is 35.6 Å². The Morgan fingerprint density at radius 3 is 2.84 bits per heavy atom. The van der Waals surface area contributed by atoms with Gasteiger partial charge in [-0.05, 0) is 18.2 Å². The number of carboxylic acid groups (broad SMARTS) is 1. The number of hydrogen-bond acceptors (Lipinski definition) is 6. The molecule has 0 aliphatic carbocycles. The Hall–Kier alpha value is -1.51. The SMILES string of the molecule is O=C(O)c1cc(Cl)ccc1N=NC1SC(=S)NC1=O. The second-order valence-electron chi connectivity index (χ2n) is 3.43. The molecule has 1 fully saturated rings. The minimum absolute atomic E-state index is 0.0813. The van der Waals surface area contributed by atoms with Crippen LogP contribution in [0.3, 0.4) is 0 Å². The largest absolute Gasteiger partial charge is 0.478 e. The van der Waals surface area contributed by atoms with Crippen molar-refractivity contribution in [1.29, 1.82) is 0 Å². The van der Waals surface area contributed by atoms with Crippen molar-refractivity contribution in [3.05, 3.63) is 28.8 Å². The van der Waals surface area contributed by atoms with E-state index in [1.54, 1.807) is 0 Å². The number of carbonyl (C=O) groups is 2. The van der Waals surface area contributed by atoms with E-state index in [1.165, 1.54) is 18.2 Å². The van der Waals surface area contributed by atoms with Gasteiger partial charge in [0.2, 0.25) is 5.37 Å². The minimum Gasteiger partial charge on any atom is -0.478 e. The zero-order valence-electron chi connectivity index (χ0n) is 9.16. The molecule has 2 rings (SSSR count). The number of thioether (sulfide) groups is 1. The fourth-order valence-corrected chi connectivity index (χ4v) is 2.47. The molecular weight excluding hydrogens is 310 g/mol. The average Bonchev–Trinajstić information content (AvgIpc) is 2.66. The van der Waals surface area contributed by atoms with Gasteiger partial charge in [-0.2, -0.15) is 10.2 Å². The van der Waals surface area contributed by atoms with E-state index in [0.717, 1.165) is 11.8 Å². The zero-order chi connectivity index (χ0) is 14.0. The summed E-state index contributed by atoms with van der Waals surface area (Å²) in [7, 11) is 0. The third-order valence-corrected chi connectivity index (χ3v) is 3.60. The van der Waals surface area contributed by atoms with Crippen LogP contribution < -0.4 is 5.32 Å². The summed E-state index contributed by atoms with van der Waals surface area (Å²) in [6.45, 7) is 0. The first-order valence-corrected chi connectivity index (χ1v) is 6.59. The van der Waals surface area contributed by atoms with E-state index in [2.05, 4.69) is 15.5 Å². The van der Waals surface area contributed by atoms with Gasteiger partial charge in [-0.25, -0.2) is 4.79 Å². The molecule has 1 aromatic carbocycles. The molecule has 0 radical (unpaired) electrons. The first-order chi connectivity index (χ1) is 8.97. The van der Waals surface area contributed by atoms with Crippen LogP contribution in [0, 0.1) is 0 Å². The molecule has 6 nitrogen and oxygen atoms in total. The van der Waals surface area contributed by atoms with Gasteiger partial charge in [0, 0.05) is 5.02 Å². The molecule has 1 saturated heterocycles. The van der Waals surface area contributed by atoms with Gasteiger partial charge in [0.05, 0.1) is 11.3 Å². The van der Waals surface area contributed by atoms with Crippen molar-refractivity contribution in [3.63, 3.8) is 0 Å². The number of nitrogens with zero attached hydrogens (tertiary/aromatic N) is 2. The molecule has 98 valence electrons. The lowest BCUT2D eigenvalue weighted by atomic mass is 10.2. The highest BCUT2D eigenvalue weighted by Crippen LogP contribution is 2.26. The number of hydrogen-bond donors (Lipinski definition) is 2. The van der Waals surface area contributed by atoms with E-state index in [9.17, 15) is 9.59 Å². The van der Waals surface area contributed by atoms with Crippen LogP contribution in [0.5, 0.6) is 0 Å². The number of carboxylic acids is 1. The number of amides is 1. The molecule has 1 amide bonds. The predicted octanol–water partition coefficient (Wildman–Crippen LogP) is 2.60. The lowest BCUT2D eigenvalue weighted by molar-refractivity contribution is -0.118. The number of benzene rings is 1. The quantitative estimate of drug-likeness (QED) is 0.661. The Bertz CT molecular complexity index is 606. The highest BCUT2D eigenvalue weighted by Gasteiger charge is 2.29. The van der Waals surface area contributed by atoms with E-state index in [1.807, 2.05) is 0 Å². The summed E-state index contributed by atoms with van der Waals surface area (Å²) >= 11 is 11.6. The van der Waals surface area contributed by atoms with Crippen molar-refractivity contribution in [2.45, 2.75) is 5.37 Å². The summed E-state index contributed by atoms with van der Waals surface area (Å²) < 4.78 is 0.323. The highest BCUT2D eigenvalue weighted by atomic mass is 35.5. The van der Waals surface area contributed by atoms with Gasteiger partial charge >= 0.3 is 5.97 Å². The molecule has 0 spiro atoms. The van der Waals surface area contributed by atoms with Gasteiger partial charge in [-0.15, -0.1) is 0 Å². The normalized spacial score (nSPS) is 18.9. The van der Waals surface area contributed by atoms with Crippen molar-refractivity contribution < 1.29 is 14.7 Å². The fourth-order valence-electron chi connectivity index (χ4n) is 1.30. The Morgan fingerprint density at radius 1 is 1.53 bits per heavy atom. The van der Waals surface area contributed by atoms with Crippen LogP contribution in [0.4, 0.5) is 5.69 Å². The van der Waals surface area contributed by atoms with Crippen LogP contribution in [0.15, 0.2) is 28.4 Å². The molecule has 1 atom stereocenters.